The third-order valence-electron chi connectivity index (χ3n) is 6.48. The third-order valence-corrected chi connectivity index (χ3v) is 6.72. The minimum atomic E-state index is -4.39. The number of hydrogen-bond donors (Lipinski definition) is 1. The van der Waals surface area contributed by atoms with Crippen LogP contribution in [0.3, 0.4) is 0 Å². The first-order chi connectivity index (χ1) is 15.3. The molecule has 2 fully saturated rings. The first kappa shape index (κ1) is 21.2. The molecule has 0 radical (unpaired) electrons. The Hall–Kier alpha value is -2.61. The highest BCUT2D eigenvalue weighted by molar-refractivity contribution is 6.30. The predicted octanol–water partition coefficient (Wildman–Crippen LogP) is 6.26. The Labute approximate surface area is 187 Å². The van der Waals surface area contributed by atoms with Crippen LogP contribution in [0.1, 0.15) is 19.3 Å². The lowest BCUT2D eigenvalue weighted by Crippen LogP contribution is -2.37. The number of fused-ring (bicyclic) bond motifs is 2. The zero-order valence-corrected chi connectivity index (χ0v) is 17.6. The van der Waals surface area contributed by atoms with Crippen LogP contribution in [0.2, 0.25) is 5.02 Å². The Balaban J connectivity index is 1.22. The van der Waals surface area contributed by atoms with E-state index in [1.54, 1.807) is 18.3 Å². The van der Waals surface area contributed by atoms with Gasteiger partial charge in [0.2, 0.25) is 0 Å². The second-order valence-corrected chi connectivity index (χ2v) is 8.94. The van der Waals surface area contributed by atoms with Gasteiger partial charge in [-0.15, -0.1) is 0 Å². The number of nitrogens with zero attached hydrogens (tertiary/aromatic N) is 2. The van der Waals surface area contributed by atoms with E-state index in [-0.39, 0.29) is 41.9 Å². The number of nitrogens with one attached hydrogen (secondary N) is 1. The standard InChI is InChI=1S/C23H20ClF4N3O/c24-12-3-5-30-22(7-12)31-21(23(26,27)28)11-17-15-9-14(10-16(15)17)32-20-4-6-29-19-2-1-13(25)8-18(19)20/h1-8,14-17,21H,9-11H2,(H,30,31). The molecular formula is C23H20ClF4N3O. The summed E-state index contributed by atoms with van der Waals surface area (Å²) < 4.78 is 60.7. The summed E-state index contributed by atoms with van der Waals surface area (Å²) in [6.45, 7) is 0. The summed E-state index contributed by atoms with van der Waals surface area (Å²) in [5, 5.41) is 3.43. The Morgan fingerprint density at radius 1 is 1.06 bits per heavy atom. The quantitative estimate of drug-likeness (QED) is 0.436. The van der Waals surface area contributed by atoms with E-state index in [1.165, 1.54) is 30.5 Å². The molecule has 0 aliphatic heterocycles. The van der Waals surface area contributed by atoms with Gasteiger partial charge in [-0.25, -0.2) is 9.37 Å². The molecule has 2 aliphatic rings. The summed E-state index contributed by atoms with van der Waals surface area (Å²) in [6, 6.07) is 7.25. The number of anilines is 1. The SMILES string of the molecule is Fc1ccc2nccc(OC3CC4C(C3)C4CC(Nc3cc(Cl)ccn3)C(F)(F)F)c2c1. The van der Waals surface area contributed by atoms with E-state index in [0.29, 0.717) is 34.5 Å². The molecule has 0 spiro atoms. The zero-order chi connectivity index (χ0) is 22.5. The van der Waals surface area contributed by atoms with Gasteiger partial charge in [0.05, 0.1) is 11.6 Å². The molecular weight excluding hydrogens is 446 g/mol. The molecule has 0 amide bonds. The molecule has 2 aliphatic carbocycles. The van der Waals surface area contributed by atoms with Gasteiger partial charge < -0.3 is 10.1 Å². The highest BCUT2D eigenvalue weighted by Gasteiger charge is 2.58. The molecule has 2 saturated carbocycles. The number of benzene rings is 1. The molecule has 3 unspecified atom stereocenters. The molecule has 5 rings (SSSR count). The topological polar surface area (TPSA) is 47.0 Å². The maximum absolute atomic E-state index is 13.7. The highest BCUT2D eigenvalue weighted by atomic mass is 35.5. The molecule has 9 heteroatoms. The van der Waals surface area contributed by atoms with Gasteiger partial charge in [0.25, 0.3) is 0 Å². The van der Waals surface area contributed by atoms with Crippen LogP contribution in [0, 0.1) is 23.6 Å². The number of aromatic nitrogens is 2. The van der Waals surface area contributed by atoms with Crippen molar-refractivity contribution in [1.29, 1.82) is 0 Å². The molecule has 3 atom stereocenters. The normalized spacial score (nSPS) is 25.4. The molecule has 32 heavy (non-hydrogen) atoms. The van der Waals surface area contributed by atoms with Crippen molar-refractivity contribution >= 4 is 28.3 Å². The van der Waals surface area contributed by atoms with E-state index in [2.05, 4.69) is 15.3 Å². The summed E-state index contributed by atoms with van der Waals surface area (Å²) in [6.07, 6.45) is -0.136. The number of ether oxygens (including phenoxy) is 1. The first-order valence-electron chi connectivity index (χ1n) is 10.4. The maximum Gasteiger partial charge on any atom is 0.408 e. The van der Waals surface area contributed by atoms with Crippen LogP contribution >= 0.6 is 11.6 Å². The van der Waals surface area contributed by atoms with Gasteiger partial charge in [-0.2, -0.15) is 13.2 Å². The molecule has 2 heterocycles. The van der Waals surface area contributed by atoms with Crippen molar-refractivity contribution in [1.82, 2.24) is 9.97 Å². The van der Waals surface area contributed by atoms with E-state index in [9.17, 15) is 17.6 Å². The number of rotatable bonds is 6. The van der Waals surface area contributed by atoms with E-state index in [1.807, 2.05) is 0 Å². The van der Waals surface area contributed by atoms with Gasteiger partial charge in [0.1, 0.15) is 23.4 Å². The average molecular weight is 466 g/mol. The summed E-state index contributed by atoms with van der Waals surface area (Å²) in [5.41, 5.74) is 0.638. The Morgan fingerprint density at radius 3 is 2.53 bits per heavy atom. The average Bonchev–Trinajstić information content (AvgIpc) is 3.17. The van der Waals surface area contributed by atoms with Crippen LogP contribution in [-0.2, 0) is 0 Å². The van der Waals surface area contributed by atoms with Gasteiger partial charge in [-0.1, -0.05) is 11.6 Å². The fraction of sp³-hybridized carbons (Fsp3) is 0.391. The smallest absolute Gasteiger partial charge is 0.408 e. The highest BCUT2D eigenvalue weighted by Crippen LogP contribution is 2.60. The van der Waals surface area contributed by atoms with Gasteiger partial charge in [0.15, 0.2) is 0 Å². The van der Waals surface area contributed by atoms with E-state index in [4.69, 9.17) is 16.3 Å². The van der Waals surface area contributed by atoms with Crippen molar-refractivity contribution in [2.75, 3.05) is 5.32 Å². The monoisotopic (exact) mass is 465 g/mol. The van der Waals surface area contributed by atoms with Gasteiger partial charge in [-0.3, -0.25) is 4.98 Å². The molecule has 4 nitrogen and oxygen atoms in total. The minimum Gasteiger partial charge on any atom is -0.490 e. The fourth-order valence-corrected chi connectivity index (χ4v) is 5.12. The van der Waals surface area contributed by atoms with Crippen molar-refractivity contribution in [2.45, 2.75) is 37.6 Å². The maximum atomic E-state index is 13.7. The van der Waals surface area contributed by atoms with Gasteiger partial charge in [0, 0.05) is 22.8 Å². The molecule has 0 bridgehead atoms. The van der Waals surface area contributed by atoms with Gasteiger partial charge in [-0.05, 0) is 73.4 Å². The molecule has 1 N–H and O–H groups in total. The van der Waals surface area contributed by atoms with Crippen LogP contribution in [0.15, 0.2) is 48.8 Å². The Kier molecular flexibility index (Phi) is 5.35. The Morgan fingerprint density at radius 2 is 1.81 bits per heavy atom. The van der Waals surface area contributed by atoms with Crippen molar-refractivity contribution in [3.63, 3.8) is 0 Å². The van der Waals surface area contributed by atoms with Crippen LogP contribution in [0.5, 0.6) is 5.75 Å². The van der Waals surface area contributed by atoms with Gasteiger partial charge >= 0.3 is 6.18 Å². The van der Waals surface area contributed by atoms with E-state index >= 15 is 0 Å². The molecule has 2 aromatic heterocycles. The molecule has 168 valence electrons. The Bertz CT molecular complexity index is 1130. The third kappa shape index (κ3) is 4.33. The fourth-order valence-electron chi connectivity index (χ4n) is 4.96. The summed E-state index contributed by atoms with van der Waals surface area (Å²) in [5.74, 6) is 0.680. The lowest BCUT2D eigenvalue weighted by Gasteiger charge is -2.24. The lowest BCUT2D eigenvalue weighted by atomic mass is 10.0. The summed E-state index contributed by atoms with van der Waals surface area (Å²) >= 11 is 5.87. The van der Waals surface area contributed by atoms with E-state index in [0.717, 1.165) is 0 Å². The number of pyridine rings is 2. The van der Waals surface area contributed by atoms with Crippen molar-refractivity contribution in [3.05, 3.63) is 59.6 Å². The van der Waals surface area contributed by atoms with Crippen LogP contribution in [0.4, 0.5) is 23.4 Å². The number of hydrogen-bond acceptors (Lipinski definition) is 4. The summed E-state index contributed by atoms with van der Waals surface area (Å²) in [4.78, 5) is 8.15. The number of alkyl halides is 3. The van der Waals surface area contributed by atoms with E-state index < -0.39 is 12.2 Å². The predicted molar refractivity (Wildman–Crippen MR) is 113 cm³/mol. The molecule has 3 aromatic rings. The van der Waals surface area contributed by atoms with Crippen molar-refractivity contribution in [2.24, 2.45) is 17.8 Å². The first-order valence-corrected chi connectivity index (χ1v) is 10.8. The molecule has 1 aromatic carbocycles. The largest absolute Gasteiger partial charge is 0.490 e. The zero-order valence-electron chi connectivity index (χ0n) is 16.8. The lowest BCUT2D eigenvalue weighted by molar-refractivity contribution is -0.145. The second-order valence-electron chi connectivity index (χ2n) is 8.51. The van der Waals surface area contributed by atoms with Crippen LogP contribution < -0.4 is 10.1 Å². The summed E-state index contributed by atoms with van der Waals surface area (Å²) in [7, 11) is 0. The minimum absolute atomic E-state index is 0.0108. The van der Waals surface area contributed by atoms with Crippen LogP contribution in [-0.4, -0.2) is 28.3 Å². The van der Waals surface area contributed by atoms with Crippen molar-refractivity contribution < 1.29 is 22.3 Å². The molecule has 0 saturated heterocycles. The van der Waals surface area contributed by atoms with Crippen LogP contribution in [0.25, 0.3) is 10.9 Å². The number of halogens is 5. The second kappa shape index (κ2) is 8.06. The van der Waals surface area contributed by atoms with Crippen molar-refractivity contribution in [3.8, 4) is 5.75 Å².